The Morgan fingerprint density at radius 1 is 1.10 bits per heavy atom. The van der Waals surface area contributed by atoms with E-state index in [1.165, 1.54) is 27.8 Å². The minimum absolute atomic E-state index is 0.0335. The molecule has 0 bridgehead atoms. The third-order valence-electron chi connectivity index (χ3n) is 4.92. The number of thiophene rings is 1. The number of hydrogen-bond acceptors (Lipinski definition) is 4. The van der Waals surface area contributed by atoms with Gasteiger partial charge in [-0.2, -0.15) is 0 Å². The number of aromatic nitrogens is 2. The zero-order valence-electron chi connectivity index (χ0n) is 16.3. The number of amides is 1. The third kappa shape index (κ3) is 3.98. The highest BCUT2D eigenvalue weighted by molar-refractivity contribution is 7.17. The summed E-state index contributed by atoms with van der Waals surface area (Å²) in [5.74, 6) is -0.134. The average Bonchev–Trinajstić information content (AvgIpc) is 3.17. The zero-order valence-corrected chi connectivity index (χ0v) is 17.1. The maximum Gasteiger partial charge on any atom is 0.263 e. The summed E-state index contributed by atoms with van der Waals surface area (Å²) in [5.41, 5.74) is 3.87. The van der Waals surface area contributed by atoms with Gasteiger partial charge in [0.05, 0.1) is 11.7 Å². The summed E-state index contributed by atoms with van der Waals surface area (Å²) < 4.78 is 1.40. The Morgan fingerprint density at radius 2 is 1.83 bits per heavy atom. The highest BCUT2D eigenvalue weighted by Gasteiger charge is 2.16. The molecule has 6 heteroatoms. The van der Waals surface area contributed by atoms with Crippen LogP contribution < -0.4 is 5.56 Å². The van der Waals surface area contributed by atoms with Crippen molar-refractivity contribution in [2.75, 3.05) is 7.05 Å². The number of fused-ring (bicyclic) bond motifs is 1. The first-order chi connectivity index (χ1) is 14.0. The first kappa shape index (κ1) is 19.1. The lowest BCUT2D eigenvalue weighted by Crippen LogP contribution is -2.33. The number of aryl methyl sites for hydroxylation is 1. The molecule has 0 radical (unpaired) electrons. The molecule has 29 heavy (non-hydrogen) atoms. The molecule has 0 saturated heterocycles. The Balaban J connectivity index is 1.59. The maximum atomic E-state index is 13.1. The smallest absolute Gasteiger partial charge is 0.263 e. The van der Waals surface area contributed by atoms with Crippen LogP contribution in [-0.2, 0) is 17.9 Å². The predicted octanol–water partition coefficient (Wildman–Crippen LogP) is 4.09. The van der Waals surface area contributed by atoms with Gasteiger partial charge in [0.25, 0.3) is 5.56 Å². The van der Waals surface area contributed by atoms with Crippen molar-refractivity contribution in [3.05, 3.63) is 87.8 Å². The molecular formula is C23H21N3O2S. The van der Waals surface area contributed by atoms with Gasteiger partial charge in [-0.15, -0.1) is 11.3 Å². The Hall–Kier alpha value is -3.25. The summed E-state index contributed by atoms with van der Waals surface area (Å²) in [6.07, 6.45) is 1.47. The second-order valence-electron chi connectivity index (χ2n) is 7.11. The van der Waals surface area contributed by atoms with E-state index in [1.807, 2.05) is 66.9 Å². The third-order valence-corrected chi connectivity index (χ3v) is 5.80. The second kappa shape index (κ2) is 8.01. The largest absolute Gasteiger partial charge is 0.340 e. The van der Waals surface area contributed by atoms with E-state index >= 15 is 0 Å². The Kier molecular flexibility index (Phi) is 5.27. The molecule has 4 aromatic rings. The summed E-state index contributed by atoms with van der Waals surface area (Å²) in [4.78, 5) is 32.5. The normalized spacial score (nSPS) is 11.0. The molecule has 4 rings (SSSR count). The van der Waals surface area contributed by atoms with Crippen molar-refractivity contribution in [1.82, 2.24) is 14.5 Å². The number of rotatable bonds is 5. The molecule has 1 amide bonds. The van der Waals surface area contributed by atoms with Gasteiger partial charge in [0, 0.05) is 24.5 Å². The van der Waals surface area contributed by atoms with Crippen molar-refractivity contribution in [3.8, 4) is 11.1 Å². The average molecular weight is 404 g/mol. The first-order valence-electron chi connectivity index (χ1n) is 9.34. The van der Waals surface area contributed by atoms with Crippen molar-refractivity contribution in [1.29, 1.82) is 0 Å². The summed E-state index contributed by atoms with van der Waals surface area (Å²) in [5, 5.41) is 2.52. The van der Waals surface area contributed by atoms with Gasteiger partial charge in [0.1, 0.15) is 11.4 Å². The monoisotopic (exact) mass is 403 g/mol. The van der Waals surface area contributed by atoms with Crippen LogP contribution in [0.3, 0.4) is 0 Å². The minimum atomic E-state index is -0.188. The van der Waals surface area contributed by atoms with Crippen molar-refractivity contribution in [2.24, 2.45) is 0 Å². The van der Waals surface area contributed by atoms with Crippen LogP contribution in [0.1, 0.15) is 11.1 Å². The molecule has 2 aromatic heterocycles. The SMILES string of the molecule is Cc1ccc(CN(C)C(=O)Cn2cnc3scc(-c4ccccc4)c3c2=O)cc1. The van der Waals surface area contributed by atoms with E-state index in [-0.39, 0.29) is 18.0 Å². The standard InChI is InChI=1S/C23H21N3O2S/c1-16-8-10-17(11-9-16)12-25(2)20(27)13-26-15-24-22-21(23(26)28)19(14-29-22)18-6-4-3-5-7-18/h3-11,14-15H,12-13H2,1-2H3. The van der Waals surface area contributed by atoms with Crippen molar-refractivity contribution in [2.45, 2.75) is 20.0 Å². The van der Waals surface area contributed by atoms with Crippen LogP contribution in [0.5, 0.6) is 0 Å². The van der Waals surface area contributed by atoms with Gasteiger partial charge in [-0.1, -0.05) is 60.2 Å². The molecule has 0 spiro atoms. The van der Waals surface area contributed by atoms with Crippen LogP contribution in [0.4, 0.5) is 0 Å². The number of carbonyl (C=O) groups excluding carboxylic acids is 1. The van der Waals surface area contributed by atoms with E-state index in [9.17, 15) is 9.59 Å². The van der Waals surface area contributed by atoms with Gasteiger partial charge in [-0.3, -0.25) is 14.2 Å². The second-order valence-corrected chi connectivity index (χ2v) is 7.97. The van der Waals surface area contributed by atoms with Gasteiger partial charge in [-0.25, -0.2) is 4.98 Å². The lowest BCUT2D eigenvalue weighted by molar-refractivity contribution is -0.131. The quantitative estimate of drug-likeness (QED) is 0.504. The zero-order chi connectivity index (χ0) is 20.4. The number of nitrogens with zero attached hydrogens (tertiary/aromatic N) is 3. The lowest BCUT2D eigenvalue weighted by Gasteiger charge is -2.18. The maximum absolute atomic E-state index is 13.1. The molecule has 0 aliphatic heterocycles. The van der Waals surface area contributed by atoms with E-state index in [1.54, 1.807) is 11.9 Å². The highest BCUT2D eigenvalue weighted by Crippen LogP contribution is 2.30. The molecule has 0 unspecified atom stereocenters. The summed E-state index contributed by atoms with van der Waals surface area (Å²) in [7, 11) is 1.75. The van der Waals surface area contributed by atoms with Crippen LogP contribution in [0.25, 0.3) is 21.3 Å². The molecule has 146 valence electrons. The van der Waals surface area contributed by atoms with Crippen molar-refractivity contribution >= 4 is 27.5 Å². The van der Waals surface area contributed by atoms with Crippen LogP contribution in [0.15, 0.2) is 71.1 Å². The fourth-order valence-electron chi connectivity index (χ4n) is 3.23. The molecule has 0 saturated carbocycles. The van der Waals surface area contributed by atoms with Gasteiger partial charge < -0.3 is 4.90 Å². The highest BCUT2D eigenvalue weighted by atomic mass is 32.1. The number of likely N-dealkylation sites (N-methyl/N-ethyl adjacent to an activating group) is 1. The molecule has 0 atom stereocenters. The van der Waals surface area contributed by atoms with Gasteiger partial charge in [0.15, 0.2) is 0 Å². The molecular weight excluding hydrogens is 382 g/mol. The topological polar surface area (TPSA) is 55.2 Å². The first-order valence-corrected chi connectivity index (χ1v) is 10.2. The van der Waals surface area contributed by atoms with E-state index in [2.05, 4.69) is 4.98 Å². The molecule has 2 heterocycles. The van der Waals surface area contributed by atoms with Gasteiger partial charge >= 0.3 is 0 Å². The van der Waals surface area contributed by atoms with Crippen LogP contribution in [-0.4, -0.2) is 27.4 Å². The fraction of sp³-hybridized carbons (Fsp3) is 0.174. The molecule has 5 nitrogen and oxygen atoms in total. The van der Waals surface area contributed by atoms with E-state index in [4.69, 9.17) is 0 Å². The van der Waals surface area contributed by atoms with Gasteiger partial charge in [-0.05, 0) is 18.1 Å². The molecule has 2 aromatic carbocycles. The van der Waals surface area contributed by atoms with Crippen LogP contribution in [0, 0.1) is 6.92 Å². The number of carbonyl (C=O) groups is 1. The van der Waals surface area contributed by atoms with Crippen LogP contribution >= 0.6 is 11.3 Å². The lowest BCUT2D eigenvalue weighted by atomic mass is 10.1. The van der Waals surface area contributed by atoms with Crippen molar-refractivity contribution in [3.63, 3.8) is 0 Å². The van der Waals surface area contributed by atoms with E-state index < -0.39 is 0 Å². The predicted molar refractivity (Wildman–Crippen MR) is 117 cm³/mol. The fourth-order valence-corrected chi connectivity index (χ4v) is 4.14. The van der Waals surface area contributed by atoms with Crippen molar-refractivity contribution < 1.29 is 4.79 Å². The Labute approximate surface area is 172 Å². The number of benzene rings is 2. The van der Waals surface area contributed by atoms with Crippen LogP contribution in [0.2, 0.25) is 0 Å². The Bertz CT molecular complexity index is 1210. The number of hydrogen-bond donors (Lipinski definition) is 0. The minimum Gasteiger partial charge on any atom is -0.340 e. The molecule has 0 aliphatic rings. The molecule has 0 fully saturated rings. The molecule has 0 N–H and O–H groups in total. The van der Waals surface area contributed by atoms with Gasteiger partial charge in [0.2, 0.25) is 5.91 Å². The summed E-state index contributed by atoms with van der Waals surface area (Å²) >= 11 is 1.44. The van der Waals surface area contributed by atoms with E-state index in [0.29, 0.717) is 16.8 Å². The van der Waals surface area contributed by atoms with E-state index in [0.717, 1.165) is 16.7 Å². The molecule has 0 aliphatic carbocycles. The summed E-state index contributed by atoms with van der Waals surface area (Å²) in [6.45, 7) is 2.49. The Morgan fingerprint density at radius 3 is 2.55 bits per heavy atom. The summed E-state index contributed by atoms with van der Waals surface area (Å²) in [6, 6.07) is 17.8.